The van der Waals surface area contributed by atoms with Crippen molar-refractivity contribution in [1.82, 2.24) is 0 Å². The summed E-state index contributed by atoms with van der Waals surface area (Å²) < 4.78 is 51.0. The van der Waals surface area contributed by atoms with Gasteiger partial charge in [-0.3, -0.25) is 0 Å². The second-order valence-corrected chi connectivity index (χ2v) is 2.51. The van der Waals surface area contributed by atoms with Crippen molar-refractivity contribution >= 4 is 5.69 Å². The third-order valence-electron chi connectivity index (χ3n) is 1.53. The van der Waals surface area contributed by atoms with Crippen LogP contribution in [0.3, 0.4) is 0 Å². The van der Waals surface area contributed by atoms with Crippen LogP contribution in [0, 0.1) is 23.3 Å². The molecule has 0 aliphatic heterocycles. The summed E-state index contributed by atoms with van der Waals surface area (Å²) >= 11 is 0. The third kappa shape index (κ3) is 1.86. The number of hydrogen-bond acceptors (Lipinski definition) is 1. The first-order valence-corrected chi connectivity index (χ1v) is 3.75. The number of nitrogens with one attached hydrogen (secondary N) is 1. The Labute approximate surface area is 78.0 Å². The summed E-state index contributed by atoms with van der Waals surface area (Å²) in [5, 5.41) is 2.16. The zero-order chi connectivity index (χ0) is 10.7. The van der Waals surface area contributed by atoms with E-state index in [1.807, 2.05) is 0 Å². The predicted octanol–water partition coefficient (Wildman–Crippen LogP) is 2.84. The van der Waals surface area contributed by atoms with E-state index in [1.54, 1.807) is 0 Å². The van der Waals surface area contributed by atoms with E-state index in [9.17, 15) is 17.6 Å². The molecule has 0 spiro atoms. The molecule has 76 valence electrons. The van der Waals surface area contributed by atoms with Gasteiger partial charge in [0.05, 0.1) is 0 Å². The molecule has 0 saturated carbocycles. The molecule has 0 bridgehead atoms. The highest BCUT2D eigenvalue weighted by molar-refractivity contribution is 5.47. The Bertz CT molecular complexity index is 336. The van der Waals surface area contributed by atoms with Crippen molar-refractivity contribution in [1.29, 1.82) is 0 Å². The maximum atomic E-state index is 12.9. The van der Waals surface area contributed by atoms with Crippen LogP contribution in [0.4, 0.5) is 23.2 Å². The number of anilines is 1. The maximum Gasteiger partial charge on any atom is 0.185 e. The Morgan fingerprint density at radius 3 is 2.07 bits per heavy atom. The van der Waals surface area contributed by atoms with Gasteiger partial charge in [-0.1, -0.05) is 6.08 Å². The van der Waals surface area contributed by atoms with Crippen LogP contribution in [0.1, 0.15) is 0 Å². The molecule has 5 heteroatoms. The molecule has 1 rings (SSSR count). The van der Waals surface area contributed by atoms with Crippen LogP contribution in [0.15, 0.2) is 18.7 Å². The third-order valence-corrected chi connectivity index (χ3v) is 1.53. The molecule has 0 heterocycles. The van der Waals surface area contributed by atoms with Crippen LogP contribution in [-0.4, -0.2) is 6.54 Å². The fourth-order valence-corrected chi connectivity index (χ4v) is 0.903. The van der Waals surface area contributed by atoms with Gasteiger partial charge in [-0.05, 0) is 0 Å². The van der Waals surface area contributed by atoms with E-state index in [0.29, 0.717) is 0 Å². The van der Waals surface area contributed by atoms with Crippen molar-refractivity contribution in [2.75, 3.05) is 11.9 Å². The monoisotopic (exact) mass is 205 g/mol. The quantitative estimate of drug-likeness (QED) is 0.454. The number of benzene rings is 1. The van der Waals surface area contributed by atoms with Gasteiger partial charge in [0.25, 0.3) is 0 Å². The lowest BCUT2D eigenvalue weighted by molar-refractivity contribution is 0.458. The van der Waals surface area contributed by atoms with Gasteiger partial charge >= 0.3 is 0 Å². The molecule has 1 nitrogen and oxygen atoms in total. The van der Waals surface area contributed by atoms with E-state index in [4.69, 9.17) is 0 Å². The Balaban J connectivity index is 3.17. The number of hydrogen-bond donors (Lipinski definition) is 1. The van der Waals surface area contributed by atoms with Crippen molar-refractivity contribution < 1.29 is 17.6 Å². The zero-order valence-electron chi connectivity index (χ0n) is 7.08. The summed E-state index contributed by atoms with van der Waals surface area (Å²) in [5.74, 6) is -5.75. The molecule has 0 aliphatic carbocycles. The molecule has 1 aromatic rings. The molecule has 14 heavy (non-hydrogen) atoms. The lowest BCUT2D eigenvalue weighted by atomic mass is 10.2. The molecule has 0 unspecified atom stereocenters. The van der Waals surface area contributed by atoms with E-state index in [0.717, 1.165) is 0 Å². The topological polar surface area (TPSA) is 12.0 Å². The van der Waals surface area contributed by atoms with Crippen molar-refractivity contribution in [3.63, 3.8) is 0 Å². The average molecular weight is 205 g/mol. The van der Waals surface area contributed by atoms with Crippen LogP contribution in [0.25, 0.3) is 0 Å². The molecule has 0 atom stereocenters. The van der Waals surface area contributed by atoms with Gasteiger partial charge < -0.3 is 5.32 Å². The number of halogens is 4. The highest BCUT2D eigenvalue weighted by Gasteiger charge is 2.17. The first-order valence-electron chi connectivity index (χ1n) is 3.75. The van der Waals surface area contributed by atoms with Crippen LogP contribution < -0.4 is 5.32 Å². The number of rotatable bonds is 3. The molecule has 1 aromatic carbocycles. The van der Waals surface area contributed by atoms with E-state index in [1.165, 1.54) is 6.08 Å². The Morgan fingerprint density at radius 1 is 1.14 bits per heavy atom. The van der Waals surface area contributed by atoms with Gasteiger partial charge in [0, 0.05) is 12.6 Å². The summed E-state index contributed by atoms with van der Waals surface area (Å²) in [6.45, 7) is 3.30. The van der Waals surface area contributed by atoms with Gasteiger partial charge in [0.2, 0.25) is 0 Å². The van der Waals surface area contributed by atoms with E-state index in [-0.39, 0.29) is 12.6 Å². The predicted molar refractivity (Wildman–Crippen MR) is 45.0 cm³/mol. The Hall–Kier alpha value is -1.52. The minimum absolute atomic E-state index is 0.0106. The van der Waals surface area contributed by atoms with E-state index < -0.39 is 29.0 Å². The van der Waals surface area contributed by atoms with Gasteiger partial charge in [-0.2, -0.15) is 0 Å². The first-order chi connectivity index (χ1) is 6.57. The van der Waals surface area contributed by atoms with Crippen LogP contribution in [0.2, 0.25) is 0 Å². The van der Waals surface area contributed by atoms with Crippen LogP contribution >= 0.6 is 0 Å². The van der Waals surface area contributed by atoms with Gasteiger partial charge in [-0.25, -0.2) is 17.6 Å². The summed E-state index contributed by atoms with van der Waals surface area (Å²) in [6, 6.07) is 0.157. The molecule has 0 aliphatic rings. The van der Waals surface area contributed by atoms with Crippen molar-refractivity contribution in [3.8, 4) is 0 Å². The zero-order valence-corrected chi connectivity index (χ0v) is 7.08. The average Bonchev–Trinajstić information content (AvgIpc) is 2.15. The fourth-order valence-electron chi connectivity index (χ4n) is 0.903. The highest BCUT2D eigenvalue weighted by Crippen LogP contribution is 2.23. The second kappa shape index (κ2) is 4.13. The normalized spacial score (nSPS) is 10.0. The second-order valence-electron chi connectivity index (χ2n) is 2.51. The van der Waals surface area contributed by atoms with Gasteiger partial charge in [0.1, 0.15) is 5.69 Å². The Morgan fingerprint density at radius 2 is 1.64 bits per heavy atom. The van der Waals surface area contributed by atoms with E-state index >= 15 is 0 Å². The molecule has 0 aromatic heterocycles. The maximum absolute atomic E-state index is 12.9. The van der Waals surface area contributed by atoms with Crippen molar-refractivity contribution in [2.45, 2.75) is 0 Å². The lowest BCUT2D eigenvalue weighted by Crippen LogP contribution is -2.06. The summed E-state index contributed by atoms with van der Waals surface area (Å²) in [7, 11) is 0. The first kappa shape index (κ1) is 10.6. The molecular weight excluding hydrogens is 198 g/mol. The molecule has 0 fully saturated rings. The lowest BCUT2D eigenvalue weighted by Gasteiger charge is -2.07. The van der Waals surface area contributed by atoms with Gasteiger partial charge in [0.15, 0.2) is 23.3 Å². The smallest absolute Gasteiger partial charge is 0.185 e. The van der Waals surface area contributed by atoms with Gasteiger partial charge in [-0.15, -0.1) is 6.58 Å². The summed E-state index contributed by atoms with van der Waals surface area (Å²) in [4.78, 5) is 0. The molecule has 0 radical (unpaired) electrons. The summed E-state index contributed by atoms with van der Waals surface area (Å²) in [6.07, 6.45) is 1.31. The summed E-state index contributed by atoms with van der Waals surface area (Å²) in [5.41, 5.74) is -0.817. The molecule has 1 N–H and O–H groups in total. The minimum Gasteiger partial charge on any atom is -0.377 e. The largest absolute Gasteiger partial charge is 0.377 e. The van der Waals surface area contributed by atoms with Crippen molar-refractivity contribution in [3.05, 3.63) is 42.0 Å². The fraction of sp³-hybridized carbons (Fsp3) is 0.111. The molecular formula is C9H7F4N. The van der Waals surface area contributed by atoms with Crippen molar-refractivity contribution in [2.24, 2.45) is 0 Å². The van der Waals surface area contributed by atoms with Crippen LogP contribution in [-0.2, 0) is 0 Å². The van der Waals surface area contributed by atoms with Crippen LogP contribution in [0.5, 0.6) is 0 Å². The van der Waals surface area contributed by atoms with E-state index in [2.05, 4.69) is 11.9 Å². The SMILES string of the molecule is C=CCNc1c(F)c(F)cc(F)c1F. The highest BCUT2D eigenvalue weighted by atomic mass is 19.2. The Kier molecular flexibility index (Phi) is 3.11. The standard InChI is InChI=1S/C9H7F4N/c1-2-3-14-9-7(12)5(10)4-6(11)8(9)13/h2,4,14H,1,3H2. The molecule has 0 saturated heterocycles. The molecule has 0 amide bonds. The minimum atomic E-state index is -1.44.